The van der Waals surface area contributed by atoms with Crippen molar-refractivity contribution < 1.29 is 32.3 Å². The summed E-state index contributed by atoms with van der Waals surface area (Å²) in [6.07, 6.45) is 7.46. The standard InChI is InChI=1S/C29H38Cl2N4O7S/c1-28(2,3)42-27(39)32-22-11-8-6-4-5-7-10-18-17-29(18,33-24(36)23-12-9-13-35(23)25(22)37)26(38)34-43(40,41)21-15-19(30)14-20(31)16-21/h7,10,14-16,18,22-23H,4-6,8-9,11-13,17H2,1-3H3,(H,32,39)(H,33,36)(H,34,38)/t18-,22+,23+,29-/m1/s1. The van der Waals surface area contributed by atoms with Crippen LogP contribution in [0.5, 0.6) is 0 Å². The van der Waals surface area contributed by atoms with E-state index in [2.05, 4.69) is 15.4 Å². The van der Waals surface area contributed by atoms with Crippen LogP contribution in [0.2, 0.25) is 10.0 Å². The van der Waals surface area contributed by atoms with Gasteiger partial charge in [-0.15, -0.1) is 0 Å². The molecule has 43 heavy (non-hydrogen) atoms. The van der Waals surface area contributed by atoms with Crippen LogP contribution in [0.3, 0.4) is 0 Å². The first-order valence-corrected chi connectivity index (χ1v) is 16.7. The molecular weight excluding hydrogens is 619 g/mol. The van der Waals surface area contributed by atoms with Crippen LogP contribution in [0.1, 0.15) is 72.1 Å². The quantitative estimate of drug-likeness (QED) is 0.413. The minimum atomic E-state index is -4.37. The molecule has 11 nitrogen and oxygen atoms in total. The van der Waals surface area contributed by atoms with E-state index in [0.717, 1.165) is 12.8 Å². The van der Waals surface area contributed by atoms with E-state index in [1.165, 1.54) is 23.1 Å². The van der Waals surface area contributed by atoms with Gasteiger partial charge in [-0.25, -0.2) is 17.9 Å². The lowest BCUT2D eigenvalue weighted by molar-refractivity contribution is -0.141. The molecule has 1 aromatic carbocycles. The van der Waals surface area contributed by atoms with Gasteiger partial charge in [0.25, 0.3) is 15.9 Å². The van der Waals surface area contributed by atoms with E-state index in [1.54, 1.807) is 20.8 Å². The summed E-state index contributed by atoms with van der Waals surface area (Å²) in [5, 5.41) is 5.64. The maximum absolute atomic E-state index is 13.7. The Balaban J connectivity index is 1.57. The Morgan fingerprint density at radius 2 is 1.74 bits per heavy atom. The molecule has 236 valence electrons. The third-order valence-corrected chi connectivity index (χ3v) is 9.45. The molecule has 1 aliphatic carbocycles. The summed E-state index contributed by atoms with van der Waals surface area (Å²) in [7, 11) is -4.37. The molecule has 0 radical (unpaired) electrons. The fourth-order valence-corrected chi connectivity index (χ4v) is 7.26. The minimum absolute atomic E-state index is 0.0818. The highest BCUT2D eigenvalue weighted by molar-refractivity contribution is 7.90. The Labute approximate surface area is 262 Å². The van der Waals surface area contributed by atoms with Gasteiger partial charge in [-0.3, -0.25) is 14.4 Å². The molecular formula is C29H38Cl2N4O7S. The van der Waals surface area contributed by atoms with Crippen molar-refractivity contribution >= 4 is 57.0 Å². The fourth-order valence-electron chi connectivity index (χ4n) is 5.50. The van der Waals surface area contributed by atoms with Gasteiger partial charge in [0.05, 0.1) is 4.90 Å². The molecule has 3 aliphatic rings. The summed E-state index contributed by atoms with van der Waals surface area (Å²) in [5.41, 5.74) is -2.27. The van der Waals surface area contributed by atoms with E-state index in [-0.39, 0.29) is 21.4 Å². The monoisotopic (exact) mass is 656 g/mol. The van der Waals surface area contributed by atoms with Crippen molar-refractivity contribution in [1.82, 2.24) is 20.3 Å². The van der Waals surface area contributed by atoms with Gasteiger partial charge in [-0.05, 0) is 77.5 Å². The van der Waals surface area contributed by atoms with Crippen molar-refractivity contribution in [2.75, 3.05) is 6.54 Å². The zero-order chi connectivity index (χ0) is 31.6. The van der Waals surface area contributed by atoms with E-state index in [9.17, 15) is 27.6 Å². The third kappa shape index (κ3) is 8.21. The Bertz CT molecular complexity index is 1390. The molecule has 0 aromatic heterocycles. The Kier molecular flexibility index (Phi) is 10.0. The lowest BCUT2D eigenvalue weighted by Crippen LogP contribution is -2.58. The first-order chi connectivity index (χ1) is 20.1. The molecule has 4 atom stereocenters. The smallest absolute Gasteiger partial charge is 0.408 e. The van der Waals surface area contributed by atoms with Crippen molar-refractivity contribution in [3.8, 4) is 0 Å². The van der Waals surface area contributed by atoms with E-state index in [1.807, 2.05) is 12.2 Å². The summed E-state index contributed by atoms with van der Waals surface area (Å²) in [6, 6.07) is 1.93. The van der Waals surface area contributed by atoms with Crippen LogP contribution >= 0.6 is 23.2 Å². The number of hydrogen-bond donors (Lipinski definition) is 3. The number of hydrogen-bond acceptors (Lipinski definition) is 7. The highest BCUT2D eigenvalue weighted by atomic mass is 35.5. The van der Waals surface area contributed by atoms with Crippen molar-refractivity contribution in [2.24, 2.45) is 5.92 Å². The maximum atomic E-state index is 13.7. The van der Waals surface area contributed by atoms with Gasteiger partial charge in [0.15, 0.2) is 0 Å². The van der Waals surface area contributed by atoms with Crippen LogP contribution in [-0.2, 0) is 29.1 Å². The Morgan fingerprint density at radius 3 is 2.42 bits per heavy atom. The predicted octanol–water partition coefficient (Wildman–Crippen LogP) is 4.08. The van der Waals surface area contributed by atoms with Gasteiger partial charge in [0.1, 0.15) is 23.2 Å². The number of alkyl carbamates (subject to hydrolysis) is 1. The molecule has 1 saturated carbocycles. The second-order valence-corrected chi connectivity index (χ2v) is 14.8. The predicted molar refractivity (Wildman–Crippen MR) is 161 cm³/mol. The second kappa shape index (κ2) is 13.0. The number of fused-ring (bicyclic) bond motifs is 2. The van der Waals surface area contributed by atoms with Gasteiger partial charge >= 0.3 is 6.09 Å². The molecule has 4 amide bonds. The molecule has 0 spiro atoms. The normalized spacial score (nSPS) is 26.7. The molecule has 2 aliphatic heterocycles. The average Bonchev–Trinajstić information content (AvgIpc) is 3.34. The number of benzene rings is 1. The number of ether oxygens (including phenoxy) is 1. The molecule has 2 heterocycles. The van der Waals surface area contributed by atoms with Gasteiger partial charge < -0.3 is 20.3 Å². The first-order valence-electron chi connectivity index (χ1n) is 14.4. The number of sulfonamides is 1. The van der Waals surface area contributed by atoms with E-state index < -0.39 is 63.0 Å². The highest BCUT2D eigenvalue weighted by Crippen LogP contribution is 2.46. The summed E-state index contributed by atoms with van der Waals surface area (Å²) in [6.45, 7) is 5.49. The number of halogens is 2. The lowest BCUT2D eigenvalue weighted by Gasteiger charge is -2.30. The molecule has 4 rings (SSSR count). The SMILES string of the molecule is CC(C)(C)OC(=O)N[C@H]1CCCCCC=C[C@@H]2C[C@@]2(C(=O)NS(=O)(=O)c2cc(Cl)cc(Cl)c2)NC(=O)[C@@H]2CCCN2C1=O. The van der Waals surface area contributed by atoms with E-state index >= 15 is 0 Å². The van der Waals surface area contributed by atoms with Crippen LogP contribution in [0, 0.1) is 5.92 Å². The molecule has 2 fully saturated rings. The van der Waals surface area contributed by atoms with E-state index in [0.29, 0.717) is 38.6 Å². The number of rotatable bonds is 4. The number of amides is 4. The number of nitrogens with one attached hydrogen (secondary N) is 3. The first kappa shape index (κ1) is 33.1. The molecule has 14 heteroatoms. The van der Waals surface area contributed by atoms with Crippen LogP contribution in [0.25, 0.3) is 0 Å². The van der Waals surface area contributed by atoms with Crippen LogP contribution < -0.4 is 15.4 Å². The summed E-state index contributed by atoms with van der Waals surface area (Å²) < 4.78 is 33.6. The van der Waals surface area contributed by atoms with Crippen molar-refractivity contribution in [3.63, 3.8) is 0 Å². The topological polar surface area (TPSA) is 151 Å². The minimum Gasteiger partial charge on any atom is -0.444 e. The Morgan fingerprint density at radius 1 is 1.05 bits per heavy atom. The maximum Gasteiger partial charge on any atom is 0.408 e. The highest BCUT2D eigenvalue weighted by Gasteiger charge is 2.61. The van der Waals surface area contributed by atoms with Gasteiger partial charge in [-0.1, -0.05) is 48.2 Å². The summed E-state index contributed by atoms with van der Waals surface area (Å²) in [4.78, 5) is 54.6. The lowest BCUT2D eigenvalue weighted by atomic mass is 10.0. The van der Waals surface area contributed by atoms with Crippen molar-refractivity contribution in [1.29, 1.82) is 0 Å². The molecule has 1 saturated heterocycles. The van der Waals surface area contributed by atoms with Gasteiger partial charge in [-0.2, -0.15) is 0 Å². The number of nitrogens with zero attached hydrogens (tertiary/aromatic N) is 1. The zero-order valence-electron chi connectivity index (χ0n) is 24.5. The molecule has 1 aromatic rings. The number of carbonyl (C=O) groups excluding carboxylic acids is 4. The molecule has 3 N–H and O–H groups in total. The van der Waals surface area contributed by atoms with Crippen molar-refractivity contribution in [3.05, 3.63) is 40.4 Å². The number of carbonyl (C=O) groups is 4. The second-order valence-electron chi connectivity index (χ2n) is 12.3. The largest absolute Gasteiger partial charge is 0.444 e. The van der Waals surface area contributed by atoms with Gasteiger partial charge in [0.2, 0.25) is 11.8 Å². The van der Waals surface area contributed by atoms with E-state index in [4.69, 9.17) is 27.9 Å². The van der Waals surface area contributed by atoms with Gasteiger partial charge in [0, 0.05) is 22.5 Å². The van der Waals surface area contributed by atoms with Crippen molar-refractivity contribution in [2.45, 2.75) is 100 Å². The molecule has 0 bridgehead atoms. The summed E-state index contributed by atoms with van der Waals surface area (Å²) >= 11 is 11.9. The Hall–Kier alpha value is -2.83. The summed E-state index contributed by atoms with van der Waals surface area (Å²) in [5.74, 6) is -2.29. The van der Waals surface area contributed by atoms with Crippen LogP contribution in [-0.4, -0.2) is 66.9 Å². The van der Waals surface area contributed by atoms with Crippen LogP contribution in [0.15, 0.2) is 35.2 Å². The average molecular weight is 658 g/mol. The fraction of sp³-hybridized carbons (Fsp3) is 0.586. The third-order valence-electron chi connectivity index (χ3n) is 7.70. The van der Waals surface area contributed by atoms with Crippen LogP contribution in [0.4, 0.5) is 4.79 Å². The zero-order valence-corrected chi connectivity index (χ0v) is 26.8. The number of allylic oxidation sites excluding steroid dienone is 1. The molecule has 0 unspecified atom stereocenters.